The van der Waals surface area contributed by atoms with Gasteiger partial charge in [-0.05, 0) is 32.1 Å². The molecule has 7 unspecified atom stereocenters. The summed E-state index contributed by atoms with van der Waals surface area (Å²) in [4.78, 5) is 13.0. The van der Waals surface area contributed by atoms with E-state index in [1.807, 2.05) is 6.08 Å². The zero-order chi connectivity index (χ0) is 48.0. The van der Waals surface area contributed by atoms with E-state index in [9.17, 15) is 30.3 Å². The molecule has 9 heteroatoms. The minimum Gasteiger partial charge on any atom is -0.394 e. The van der Waals surface area contributed by atoms with Crippen LogP contribution in [0.1, 0.15) is 277 Å². The molecule has 0 aliphatic carbocycles. The minimum absolute atomic E-state index is 0.184. The van der Waals surface area contributed by atoms with Gasteiger partial charge in [0.15, 0.2) is 6.29 Å². The van der Waals surface area contributed by atoms with Crippen LogP contribution in [0.5, 0.6) is 0 Å². The van der Waals surface area contributed by atoms with Gasteiger partial charge in [-0.1, -0.05) is 263 Å². The molecule has 1 fully saturated rings. The summed E-state index contributed by atoms with van der Waals surface area (Å²) in [5.74, 6) is -0.184. The van der Waals surface area contributed by atoms with Crippen LogP contribution in [0.25, 0.3) is 0 Å². The zero-order valence-electron chi connectivity index (χ0n) is 43.2. The van der Waals surface area contributed by atoms with Crippen molar-refractivity contribution in [1.29, 1.82) is 0 Å². The minimum atomic E-state index is -1.57. The van der Waals surface area contributed by atoms with Gasteiger partial charge in [0, 0.05) is 6.42 Å². The highest BCUT2D eigenvalue weighted by Crippen LogP contribution is 2.23. The van der Waals surface area contributed by atoms with Gasteiger partial charge in [-0.15, -0.1) is 0 Å². The Morgan fingerprint density at radius 1 is 0.500 bits per heavy atom. The first-order valence-corrected chi connectivity index (χ1v) is 28.6. The van der Waals surface area contributed by atoms with E-state index in [0.717, 1.165) is 38.5 Å². The summed E-state index contributed by atoms with van der Waals surface area (Å²) in [7, 11) is 0. The van der Waals surface area contributed by atoms with Gasteiger partial charge in [0.05, 0.1) is 25.4 Å². The molecule has 9 nitrogen and oxygen atoms in total. The second-order valence-electron chi connectivity index (χ2n) is 20.1. The van der Waals surface area contributed by atoms with Gasteiger partial charge in [0.2, 0.25) is 5.91 Å². The number of rotatable bonds is 49. The van der Waals surface area contributed by atoms with E-state index in [4.69, 9.17) is 9.47 Å². The maximum atomic E-state index is 13.0. The van der Waals surface area contributed by atoms with Gasteiger partial charge in [-0.3, -0.25) is 4.79 Å². The fraction of sp³-hybridized carbons (Fsp3) is 0.912. The van der Waals surface area contributed by atoms with Crippen molar-refractivity contribution in [3.8, 4) is 0 Å². The molecule has 0 aromatic rings. The number of ether oxygens (including phenoxy) is 2. The Hall–Kier alpha value is -1.33. The average molecular weight is 936 g/mol. The molecule has 66 heavy (non-hydrogen) atoms. The number of nitrogens with one attached hydrogen (secondary N) is 1. The van der Waals surface area contributed by atoms with Crippen molar-refractivity contribution < 1.29 is 39.8 Å². The standard InChI is InChI=1S/C57H109NO8/c1-3-5-7-9-11-13-14-15-16-17-18-19-20-21-22-23-24-25-26-27-28-29-30-31-32-33-34-35-36-37-39-41-43-45-47-53(61)58-50(51(60)46-44-42-40-38-12-10-8-6-4-2)49-65-57-56(64)55(63)54(62)52(48-59)66-57/h12,38,44,46,50-52,54-57,59-60,62-64H,3-11,13-37,39-43,45,47-49H2,1-2H3,(H,58,61)/b38-12+,46-44+. The number of amides is 1. The summed E-state index contributed by atoms with van der Waals surface area (Å²) in [6, 6.07) is -0.816. The molecule has 0 bridgehead atoms. The van der Waals surface area contributed by atoms with Crippen molar-refractivity contribution in [2.45, 2.75) is 320 Å². The fourth-order valence-corrected chi connectivity index (χ4v) is 9.23. The first-order valence-electron chi connectivity index (χ1n) is 28.6. The molecular formula is C57H109NO8. The lowest BCUT2D eigenvalue weighted by Gasteiger charge is -2.40. The van der Waals surface area contributed by atoms with E-state index in [1.165, 1.54) is 218 Å². The highest BCUT2D eigenvalue weighted by atomic mass is 16.7. The Morgan fingerprint density at radius 3 is 1.27 bits per heavy atom. The molecule has 6 N–H and O–H groups in total. The lowest BCUT2D eigenvalue weighted by atomic mass is 9.99. The summed E-state index contributed by atoms with van der Waals surface area (Å²) in [6.45, 7) is 3.73. The van der Waals surface area contributed by atoms with Gasteiger partial charge in [-0.2, -0.15) is 0 Å². The van der Waals surface area contributed by atoms with E-state index in [0.29, 0.717) is 6.42 Å². The van der Waals surface area contributed by atoms with Crippen molar-refractivity contribution in [1.82, 2.24) is 5.32 Å². The van der Waals surface area contributed by atoms with Crippen LogP contribution in [0.3, 0.4) is 0 Å². The van der Waals surface area contributed by atoms with Crippen LogP contribution in [-0.4, -0.2) is 87.5 Å². The Labute approximate surface area is 407 Å². The van der Waals surface area contributed by atoms with Crippen molar-refractivity contribution in [3.05, 3.63) is 24.3 Å². The molecule has 1 saturated heterocycles. The monoisotopic (exact) mass is 936 g/mol. The molecule has 1 rings (SSSR count). The first-order chi connectivity index (χ1) is 32.3. The predicted molar refractivity (Wildman–Crippen MR) is 277 cm³/mol. The second kappa shape index (κ2) is 47.4. The fourth-order valence-electron chi connectivity index (χ4n) is 9.23. The van der Waals surface area contributed by atoms with Crippen molar-refractivity contribution in [2.75, 3.05) is 13.2 Å². The smallest absolute Gasteiger partial charge is 0.220 e. The number of carbonyl (C=O) groups excluding carboxylic acids is 1. The number of unbranched alkanes of at least 4 members (excludes halogenated alkanes) is 37. The van der Waals surface area contributed by atoms with E-state index in [1.54, 1.807) is 6.08 Å². The number of carbonyl (C=O) groups is 1. The topological polar surface area (TPSA) is 149 Å². The molecule has 0 aromatic carbocycles. The van der Waals surface area contributed by atoms with Crippen LogP contribution < -0.4 is 5.32 Å². The maximum Gasteiger partial charge on any atom is 0.220 e. The van der Waals surface area contributed by atoms with Crippen LogP contribution >= 0.6 is 0 Å². The summed E-state index contributed by atoms with van der Waals surface area (Å²) in [6.07, 6.45) is 53.0. The Morgan fingerprint density at radius 2 is 0.864 bits per heavy atom. The Bertz CT molecular complexity index is 1090. The Kier molecular flexibility index (Phi) is 45.0. The quantitative estimate of drug-likeness (QED) is 0.0261. The van der Waals surface area contributed by atoms with Gasteiger partial charge < -0.3 is 40.3 Å². The van der Waals surface area contributed by atoms with Crippen LogP contribution in [0.4, 0.5) is 0 Å². The maximum absolute atomic E-state index is 13.0. The summed E-state index contributed by atoms with van der Waals surface area (Å²) >= 11 is 0. The summed E-state index contributed by atoms with van der Waals surface area (Å²) in [5, 5.41) is 54.1. The SMILES string of the molecule is CCCCC/C=C/CC/C=C/C(O)C(COC1OC(CO)C(O)C(O)C1O)NC(=O)CCCCCCCCCCCCCCCCCCCCCCCCCCCCCCCCCCCC. The largest absolute Gasteiger partial charge is 0.394 e. The van der Waals surface area contributed by atoms with Crippen molar-refractivity contribution >= 4 is 5.91 Å². The molecule has 7 atom stereocenters. The number of aliphatic hydroxyl groups excluding tert-OH is 5. The normalized spacial score (nSPS) is 19.9. The zero-order valence-corrected chi connectivity index (χ0v) is 43.2. The van der Waals surface area contributed by atoms with Crippen LogP contribution in [-0.2, 0) is 14.3 Å². The third-order valence-corrected chi connectivity index (χ3v) is 13.8. The van der Waals surface area contributed by atoms with Crippen molar-refractivity contribution in [3.63, 3.8) is 0 Å². The molecule has 0 radical (unpaired) electrons. The molecule has 390 valence electrons. The molecule has 1 aliphatic rings. The molecule has 1 aliphatic heterocycles. The molecular weight excluding hydrogens is 827 g/mol. The Balaban J connectivity index is 2.03. The van der Waals surface area contributed by atoms with Crippen LogP contribution in [0.2, 0.25) is 0 Å². The number of aliphatic hydroxyl groups is 5. The molecule has 0 spiro atoms. The summed E-state index contributed by atoms with van der Waals surface area (Å²) in [5.41, 5.74) is 0. The van der Waals surface area contributed by atoms with Crippen LogP contribution in [0, 0.1) is 0 Å². The first kappa shape index (κ1) is 62.7. The molecule has 0 saturated carbocycles. The average Bonchev–Trinajstić information content (AvgIpc) is 3.32. The third-order valence-electron chi connectivity index (χ3n) is 13.8. The molecule has 1 heterocycles. The van der Waals surface area contributed by atoms with Gasteiger partial charge in [0.1, 0.15) is 24.4 Å². The number of hydrogen-bond donors (Lipinski definition) is 6. The molecule has 0 aromatic heterocycles. The highest BCUT2D eigenvalue weighted by Gasteiger charge is 2.44. The van der Waals surface area contributed by atoms with Gasteiger partial charge in [-0.25, -0.2) is 0 Å². The van der Waals surface area contributed by atoms with Crippen molar-refractivity contribution in [2.24, 2.45) is 0 Å². The van der Waals surface area contributed by atoms with E-state index in [2.05, 4.69) is 31.3 Å². The summed E-state index contributed by atoms with van der Waals surface area (Å²) < 4.78 is 11.2. The lowest BCUT2D eigenvalue weighted by Crippen LogP contribution is -2.60. The second-order valence-corrected chi connectivity index (χ2v) is 20.1. The van der Waals surface area contributed by atoms with E-state index in [-0.39, 0.29) is 12.5 Å². The third kappa shape index (κ3) is 36.6. The van der Waals surface area contributed by atoms with E-state index < -0.39 is 49.5 Å². The van der Waals surface area contributed by atoms with Gasteiger partial charge in [0.25, 0.3) is 0 Å². The van der Waals surface area contributed by atoms with E-state index >= 15 is 0 Å². The number of allylic oxidation sites excluding steroid dienone is 3. The van der Waals surface area contributed by atoms with Crippen LogP contribution in [0.15, 0.2) is 24.3 Å². The highest BCUT2D eigenvalue weighted by molar-refractivity contribution is 5.76. The van der Waals surface area contributed by atoms with Gasteiger partial charge >= 0.3 is 0 Å². The number of hydrogen-bond acceptors (Lipinski definition) is 8. The molecule has 1 amide bonds. The predicted octanol–water partition coefficient (Wildman–Crippen LogP) is 13.8. The lowest BCUT2D eigenvalue weighted by molar-refractivity contribution is -0.302.